The molecule has 3 rings (SSSR count). The number of nitrogens with one attached hydrogen (secondary N) is 2. The maximum Gasteiger partial charge on any atom is 0.262 e. The SMILES string of the molecule is CC(C)NC(=O)[C@@H](NC(=O)CN1C(=O)c2ccccc2C1=O)c1ccccc1. The minimum Gasteiger partial charge on any atom is -0.352 e. The van der Waals surface area contributed by atoms with Gasteiger partial charge in [-0.2, -0.15) is 0 Å². The third-order valence-corrected chi connectivity index (χ3v) is 4.31. The van der Waals surface area contributed by atoms with Crippen molar-refractivity contribution in [2.75, 3.05) is 6.54 Å². The summed E-state index contributed by atoms with van der Waals surface area (Å²) >= 11 is 0. The van der Waals surface area contributed by atoms with Crippen LogP contribution < -0.4 is 10.6 Å². The van der Waals surface area contributed by atoms with Gasteiger partial charge in [0.1, 0.15) is 12.6 Å². The average Bonchev–Trinajstić information content (AvgIpc) is 2.91. The molecular weight excluding hydrogens is 358 g/mol. The molecule has 0 saturated carbocycles. The number of rotatable bonds is 6. The van der Waals surface area contributed by atoms with E-state index in [2.05, 4.69) is 10.6 Å². The summed E-state index contributed by atoms with van der Waals surface area (Å²) in [5.41, 5.74) is 1.16. The fraction of sp³-hybridized carbons (Fsp3) is 0.238. The maximum absolute atomic E-state index is 12.6. The van der Waals surface area contributed by atoms with E-state index in [-0.39, 0.29) is 23.1 Å². The molecule has 0 aliphatic carbocycles. The lowest BCUT2D eigenvalue weighted by molar-refractivity contribution is -0.129. The Morgan fingerprint density at radius 3 is 1.93 bits per heavy atom. The van der Waals surface area contributed by atoms with Gasteiger partial charge in [0.2, 0.25) is 11.8 Å². The van der Waals surface area contributed by atoms with Crippen molar-refractivity contribution in [1.29, 1.82) is 0 Å². The van der Waals surface area contributed by atoms with Crippen LogP contribution in [0.15, 0.2) is 54.6 Å². The molecule has 0 radical (unpaired) electrons. The van der Waals surface area contributed by atoms with E-state index < -0.39 is 30.3 Å². The molecule has 4 amide bonds. The fourth-order valence-corrected chi connectivity index (χ4v) is 3.05. The second-order valence-corrected chi connectivity index (χ2v) is 6.82. The van der Waals surface area contributed by atoms with Gasteiger partial charge < -0.3 is 10.6 Å². The van der Waals surface area contributed by atoms with Crippen LogP contribution in [-0.2, 0) is 9.59 Å². The van der Waals surface area contributed by atoms with Gasteiger partial charge in [-0.15, -0.1) is 0 Å². The summed E-state index contributed by atoms with van der Waals surface area (Å²) in [6, 6.07) is 14.2. The number of amides is 4. The summed E-state index contributed by atoms with van der Waals surface area (Å²) in [5, 5.41) is 5.41. The van der Waals surface area contributed by atoms with Gasteiger partial charge in [-0.1, -0.05) is 42.5 Å². The first-order chi connectivity index (χ1) is 13.4. The molecule has 28 heavy (non-hydrogen) atoms. The summed E-state index contributed by atoms with van der Waals surface area (Å²) in [7, 11) is 0. The largest absolute Gasteiger partial charge is 0.352 e. The highest BCUT2D eigenvalue weighted by molar-refractivity contribution is 6.22. The Balaban J connectivity index is 1.75. The van der Waals surface area contributed by atoms with E-state index in [1.165, 1.54) is 0 Å². The standard InChI is InChI=1S/C21H21N3O4/c1-13(2)22-19(26)18(14-8-4-3-5-9-14)23-17(25)12-24-20(27)15-10-6-7-11-16(15)21(24)28/h3-11,13,18H,12H2,1-2H3,(H,22,26)(H,23,25)/t18-/m0/s1. The van der Waals surface area contributed by atoms with Crippen LogP contribution in [0.2, 0.25) is 0 Å². The Morgan fingerprint density at radius 2 is 1.39 bits per heavy atom. The number of carbonyl (C=O) groups is 4. The first-order valence-electron chi connectivity index (χ1n) is 8.98. The summed E-state index contributed by atoms with van der Waals surface area (Å²) in [4.78, 5) is 50.9. The topological polar surface area (TPSA) is 95.6 Å². The zero-order valence-electron chi connectivity index (χ0n) is 15.6. The monoisotopic (exact) mass is 379 g/mol. The number of benzene rings is 2. The minimum absolute atomic E-state index is 0.105. The second-order valence-electron chi connectivity index (χ2n) is 6.82. The van der Waals surface area contributed by atoms with E-state index in [0.717, 1.165) is 4.90 Å². The molecule has 1 aliphatic heterocycles. The van der Waals surface area contributed by atoms with Crippen molar-refractivity contribution in [2.45, 2.75) is 25.9 Å². The van der Waals surface area contributed by atoms with Crippen LogP contribution in [0.5, 0.6) is 0 Å². The molecule has 0 fully saturated rings. The number of nitrogens with zero attached hydrogens (tertiary/aromatic N) is 1. The summed E-state index contributed by atoms with van der Waals surface area (Å²) in [6.45, 7) is 3.19. The Bertz CT molecular complexity index is 889. The molecule has 2 aromatic rings. The van der Waals surface area contributed by atoms with Crippen LogP contribution in [0, 0.1) is 0 Å². The Hall–Kier alpha value is -3.48. The van der Waals surface area contributed by atoms with E-state index in [9.17, 15) is 19.2 Å². The maximum atomic E-state index is 12.6. The highest BCUT2D eigenvalue weighted by Gasteiger charge is 2.36. The molecule has 7 heteroatoms. The Morgan fingerprint density at radius 1 is 0.857 bits per heavy atom. The van der Waals surface area contributed by atoms with Gasteiger partial charge in [0.15, 0.2) is 0 Å². The Labute approximate surface area is 162 Å². The highest BCUT2D eigenvalue weighted by atomic mass is 16.2. The van der Waals surface area contributed by atoms with Gasteiger partial charge in [0.05, 0.1) is 11.1 Å². The van der Waals surface area contributed by atoms with Gasteiger partial charge in [-0.3, -0.25) is 24.1 Å². The molecule has 0 unspecified atom stereocenters. The van der Waals surface area contributed by atoms with Gasteiger partial charge >= 0.3 is 0 Å². The first kappa shape index (κ1) is 19.3. The minimum atomic E-state index is -0.925. The van der Waals surface area contributed by atoms with E-state index in [1.807, 2.05) is 19.9 Å². The molecule has 144 valence electrons. The van der Waals surface area contributed by atoms with Crippen molar-refractivity contribution in [3.8, 4) is 0 Å². The third-order valence-electron chi connectivity index (χ3n) is 4.31. The molecule has 0 bridgehead atoms. The molecular formula is C21H21N3O4. The number of carbonyl (C=O) groups excluding carboxylic acids is 4. The highest BCUT2D eigenvalue weighted by Crippen LogP contribution is 2.22. The van der Waals surface area contributed by atoms with Crippen molar-refractivity contribution in [1.82, 2.24) is 15.5 Å². The van der Waals surface area contributed by atoms with Crippen molar-refractivity contribution < 1.29 is 19.2 Å². The lowest BCUT2D eigenvalue weighted by Crippen LogP contribution is -2.46. The van der Waals surface area contributed by atoms with Gasteiger partial charge in [-0.05, 0) is 31.5 Å². The van der Waals surface area contributed by atoms with Crippen LogP contribution in [-0.4, -0.2) is 41.1 Å². The second kappa shape index (κ2) is 8.04. The van der Waals surface area contributed by atoms with Crippen molar-refractivity contribution in [2.24, 2.45) is 0 Å². The number of fused-ring (bicyclic) bond motifs is 1. The van der Waals surface area contributed by atoms with Crippen molar-refractivity contribution in [3.63, 3.8) is 0 Å². The molecule has 7 nitrogen and oxygen atoms in total. The number of hydrogen-bond acceptors (Lipinski definition) is 4. The van der Waals surface area contributed by atoms with Crippen LogP contribution in [0.1, 0.15) is 46.2 Å². The van der Waals surface area contributed by atoms with E-state index in [4.69, 9.17) is 0 Å². The molecule has 1 aliphatic rings. The van der Waals surface area contributed by atoms with Gasteiger partial charge in [0, 0.05) is 6.04 Å². The van der Waals surface area contributed by atoms with Crippen molar-refractivity contribution in [3.05, 3.63) is 71.3 Å². The summed E-state index contributed by atoms with van der Waals surface area (Å²) in [6.07, 6.45) is 0. The van der Waals surface area contributed by atoms with E-state index in [1.54, 1.807) is 48.5 Å². The molecule has 0 aromatic heterocycles. The molecule has 1 heterocycles. The smallest absolute Gasteiger partial charge is 0.262 e. The molecule has 1 atom stereocenters. The first-order valence-corrected chi connectivity index (χ1v) is 8.98. The third kappa shape index (κ3) is 3.93. The quantitative estimate of drug-likeness (QED) is 0.746. The van der Waals surface area contributed by atoms with E-state index in [0.29, 0.717) is 5.56 Å². The number of imide groups is 1. The lowest BCUT2D eigenvalue weighted by Gasteiger charge is -2.21. The lowest BCUT2D eigenvalue weighted by atomic mass is 10.1. The van der Waals surface area contributed by atoms with Crippen LogP contribution >= 0.6 is 0 Å². The normalized spacial score (nSPS) is 14.0. The summed E-state index contributed by atoms with van der Waals surface area (Å²) < 4.78 is 0. The molecule has 0 saturated heterocycles. The van der Waals surface area contributed by atoms with Gasteiger partial charge in [0.25, 0.3) is 11.8 Å². The number of hydrogen-bond donors (Lipinski definition) is 2. The zero-order chi connectivity index (χ0) is 20.3. The van der Waals surface area contributed by atoms with Crippen LogP contribution in [0.4, 0.5) is 0 Å². The molecule has 0 spiro atoms. The zero-order valence-corrected chi connectivity index (χ0v) is 15.6. The van der Waals surface area contributed by atoms with Crippen LogP contribution in [0.25, 0.3) is 0 Å². The fourth-order valence-electron chi connectivity index (χ4n) is 3.05. The Kier molecular flexibility index (Phi) is 5.54. The molecule has 2 N–H and O–H groups in total. The van der Waals surface area contributed by atoms with Crippen LogP contribution in [0.3, 0.4) is 0 Å². The predicted octanol–water partition coefficient (Wildman–Crippen LogP) is 1.66. The molecule has 2 aromatic carbocycles. The summed E-state index contributed by atoms with van der Waals surface area (Å²) in [5.74, 6) is -1.99. The average molecular weight is 379 g/mol. The predicted molar refractivity (Wildman–Crippen MR) is 102 cm³/mol. The van der Waals surface area contributed by atoms with E-state index >= 15 is 0 Å². The van der Waals surface area contributed by atoms with Crippen molar-refractivity contribution >= 4 is 23.6 Å². The van der Waals surface area contributed by atoms with Gasteiger partial charge in [-0.25, -0.2) is 0 Å².